The van der Waals surface area contributed by atoms with Gasteiger partial charge in [-0.3, -0.25) is 9.69 Å². The number of rotatable bonds is 5. The van der Waals surface area contributed by atoms with Crippen LogP contribution in [-0.2, 0) is 18.4 Å². The van der Waals surface area contributed by atoms with Crippen molar-refractivity contribution in [3.05, 3.63) is 52.9 Å². The van der Waals surface area contributed by atoms with Crippen LogP contribution >= 0.6 is 11.3 Å². The van der Waals surface area contributed by atoms with Crippen LogP contribution in [0, 0.1) is 12.8 Å². The predicted octanol–water partition coefficient (Wildman–Crippen LogP) is 3.70. The molecule has 0 saturated carbocycles. The zero-order valence-electron chi connectivity index (χ0n) is 16.3. The van der Waals surface area contributed by atoms with Crippen molar-refractivity contribution in [2.45, 2.75) is 26.3 Å². The molecule has 0 bridgehead atoms. The van der Waals surface area contributed by atoms with E-state index < -0.39 is 0 Å². The Morgan fingerprint density at radius 3 is 2.79 bits per heavy atom. The van der Waals surface area contributed by atoms with E-state index in [4.69, 9.17) is 0 Å². The largest absolute Gasteiger partial charge is 0.334 e. The normalized spacial score (nSPS) is 17.6. The fourth-order valence-electron chi connectivity index (χ4n) is 3.66. The van der Waals surface area contributed by atoms with Crippen molar-refractivity contribution in [3.8, 4) is 11.3 Å². The summed E-state index contributed by atoms with van der Waals surface area (Å²) in [5.74, 6) is 1.14. The van der Waals surface area contributed by atoms with E-state index in [-0.39, 0.29) is 11.8 Å². The molecule has 3 aromatic rings. The number of carbonyl (C=O) groups is 1. The summed E-state index contributed by atoms with van der Waals surface area (Å²) in [6.07, 6.45) is 3.91. The van der Waals surface area contributed by atoms with Crippen LogP contribution in [0.3, 0.4) is 0 Å². The number of hydrogen-bond donors (Lipinski definition) is 1. The summed E-state index contributed by atoms with van der Waals surface area (Å²) in [5, 5.41) is 5.10. The van der Waals surface area contributed by atoms with Gasteiger partial charge in [0.15, 0.2) is 0 Å². The zero-order chi connectivity index (χ0) is 19.5. The Bertz CT molecular complexity index is 932. The molecule has 2 aromatic heterocycles. The van der Waals surface area contributed by atoms with E-state index in [1.165, 1.54) is 5.69 Å². The molecule has 0 spiro atoms. The maximum absolute atomic E-state index is 12.8. The third-order valence-electron chi connectivity index (χ3n) is 5.46. The Hall–Kier alpha value is -2.51. The zero-order valence-corrected chi connectivity index (χ0v) is 17.1. The first-order chi connectivity index (χ1) is 13.6. The lowest BCUT2D eigenvalue weighted by atomic mass is 9.97. The molecular weight excluding hydrogens is 370 g/mol. The molecule has 4 rings (SSSR count). The minimum absolute atomic E-state index is 0.0151. The maximum Gasteiger partial charge on any atom is 0.228 e. The number of nitrogens with zero attached hydrogens (tertiary/aromatic N) is 4. The lowest BCUT2D eigenvalue weighted by Crippen LogP contribution is -2.40. The van der Waals surface area contributed by atoms with Crippen molar-refractivity contribution in [2.24, 2.45) is 13.0 Å². The van der Waals surface area contributed by atoms with E-state index in [9.17, 15) is 4.79 Å². The first kappa shape index (κ1) is 18.8. The average Bonchev–Trinajstić information content (AvgIpc) is 3.35. The van der Waals surface area contributed by atoms with Gasteiger partial charge in [-0.05, 0) is 38.4 Å². The quantitative estimate of drug-likeness (QED) is 0.715. The van der Waals surface area contributed by atoms with Gasteiger partial charge in [-0.2, -0.15) is 0 Å². The second-order valence-electron chi connectivity index (χ2n) is 7.37. The third kappa shape index (κ3) is 4.15. The van der Waals surface area contributed by atoms with Gasteiger partial charge < -0.3 is 9.88 Å². The van der Waals surface area contributed by atoms with Gasteiger partial charge in [0, 0.05) is 43.0 Å². The SMILES string of the molecule is Cc1ncc(CN2CCCC(C(=O)Nc3ccc(-c4cscn4)cc3)C2)n1C. The predicted molar refractivity (Wildman–Crippen MR) is 112 cm³/mol. The number of carbonyl (C=O) groups excluding carboxylic acids is 1. The number of hydrogen-bond acceptors (Lipinski definition) is 5. The van der Waals surface area contributed by atoms with Crippen LogP contribution in [0.1, 0.15) is 24.4 Å². The topological polar surface area (TPSA) is 63.1 Å². The highest BCUT2D eigenvalue weighted by atomic mass is 32.1. The molecule has 28 heavy (non-hydrogen) atoms. The van der Waals surface area contributed by atoms with Gasteiger partial charge in [0.1, 0.15) is 5.82 Å². The van der Waals surface area contributed by atoms with Gasteiger partial charge in [-0.1, -0.05) is 12.1 Å². The second kappa shape index (κ2) is 8.24. The molecular formula is C21H25N5OS. The van der Waals surface area contributed by atoms with Crippen LogP contribution < -0.4 is 5.32 Å². The minimum Gasteiger partial charge on any atom is -0.334 e. The molecule has 1 aliphatic heterocycles. The maximum atomic E-state index is 12.8. The third-order valence-corrected chi connectivity index (χ3v) is 6.05. The van der Waals surface area contributed by atoms with Crippen LogP contribution in [0.25, 0.3) is 11.3 Å². The van der Waals surface area contributed by atoms with Crippen LogP contribution in [0.5, 0.6) is 0 Å². The van der Waals surface area contributed by atoms with Crippen molar-refractivity contribution < 1.29 is 4.79 Å². The first-order valence-electron chi connectivity index (χ1n) is 9.59. The molecule has 1 fully saturated rings. The highest BCUT2D eigenvalue weighted by Crippen LogP contribution is 2.23. The lowest BCUT2D eigenvalue weighted by molar-refractivity contribution is -0.121. The van der Waals surface area contributed by atoms with Gasteiger partial charge in [0.2, 0.25) is 5.91 Å². The van der Waals surface area contributed by atoms with Crippen molar-refractivity contribution >= 4 is 22.9 Å². The van der Waals surface area contributed by atoms with Gasteiger partial charge in [-0.25, -0.2) is 9.97 Å². The number of imidazole rings is 1. The fourth-order valence-corrected chi connectivity index (χ4v) is 4.22. The number of piperidine rings is 1. The van der Waals surface area contributed by atoms with Gasteiger partial charge in [-0.15, -0.1) is 11.3 Å². The molecule has 1 atom stereocenters. The molecule has 6 nitrogen and oxygen atoms in total. The van der Waals surface area contributed by atoms with E-state index in [2.05, 4.69) is 24.8 Å². The molecule has 3 heterocycles. The summed E-state index contributed by atoms with van der Waals surface area (Å²) in [6.45, 7) is 4.66. The molecule has 1 unspecified atom stereocenters. The van der Waals surface area contributed by atoms with E-state index in [0.717, 1.165) is 55.2 Å². The Morgan fingerprint density at radius 1 is 1.29 bits per heavy atom. The summed E-state index contributed by atoms with van der Waals surface area (Å²) >= 11 is 1.58. The second-order valence-corrected chi connectivity index (χ2v) is 8.09. The first-order valence-corrected chi connectivity index (χ1v) is 10.5. The minimum atomic E-state index is 0.0151. The van der Waals surface area contributed by atoms with Crippen LogP contribution in [-0.4, -0.2) is 38.4 Å². The smallest absolute Gasteiger partial charge is 0.228 e. The van der Waals surface area contributed by atoms with Crippen molar-refractivity contribution in [2.75, 3.05) is 18.4 Å². The van der Waals surface area contributed by atoms with E-state index in [1.54, 1.807) is 11.3 Å². The number of benzene rings is 1. The molecule has 7 heteroatoms. The Morgan fingerprint density at radius 2 is 2.11 bits per heavy atom. The van der Waals surface area contributed by atoms with Gasteiger partial charge in [0.25, 0.3) is 0 Å². The molecule has 1 aliphatic rings. The Labute approximate surface area is 169 Å². The van der Waals surface area contributed by atoms with Crippen molar-refractivity contribution in [3.63, 3.8) is 0 Å². The molecule has 1 saturated heterocycles. The lowest BCUT2D eigenvalue weighted by Gasteiger charge is -2.32. The fraction of sp³-hybridized carbons (Fsp3) is 0.381. The summed E-state index contributed by atoms with van der Waals surface area (Å²) in [7, 11) is 2.04. The standard InChI is InChI=1S/C21H25N5OS/c1-15-22-10-19(25(15)2)12-26-9-3-4-17(11-26)21(27)24-18-7-5-16(6-8-18)20-13-28-14-23-20/h5-8,10,13-14,17H,3-4,9,11-12H2,1-2H3,(H,24,27). The number of nitrogens with one attached hydrogen (secondary N) is 1. The summed E-state index contributed by atoms with van der Waals surface area (Å²) < 4.78 is 2.12. The monoisotopic (exact) mass is 395 g/mol. The molecule has 1 aromatic carbocycles. The number of likely N-dealkylation sites (tertiary alicyclic amines) is 1. The van der Waals surface area contributed by atoms with Gasteiger partial charge in [0.05, 0.1) is 22.8 Å². The van der Waals surface area contributed by atoms with E-state index in [0.29, 0.717) is 0 Å². The average molecular weight is 396 g/mol. The number of anilines is 1. The van der Waals surface area contributed by atoms with Crippen LogP contribution in [0.2, 0.25) is 0 Å². The Kier molecular flexibility index (Phi) is 5.54. The molecule has 0 aliphatic carbocycles. The summed E-state index contributed by atoms with van der Waals surface area (Å²) in [5.41, 5.74) is 5.89. The highest BCUT2D eigenvalue weighted by molar-refractivity contribution is 7.07. The van der Waals surface area contributed by atoms with E-state index in [1.807, 2.05) is 55.3 Å². The van der Waals surface area contributed by atoms with Crippen molar-refractivity contribution in [1.82, 2.24) is 19.4 Å². The number of amides is 1. The van der Waals surface area contributed by atoms with Crippen LogP contribution in [0.15, 0.2) is 41.4 Å². The summed E-state index contributed by atoms with van der Waals surface area (Å²) in [4.78, 5) is 23.8. The van der Waals surface area contributed by atoms with Crippen molar-refractivity contribution in [1.29, 1.82) is 0 Å². The van der Waals surface area contributed by atoms with Gasteiger partial charge >= 0.3 is 0 Å². The van der Waals surface area contributed by atoms with E-state index >= 15 is 0 Å². The Balaban J connectivity index is 1.35. The highest BCUT2D eigenvalue weighted by Gasteiger charge is 2.26. The molecule has 146 valence electrons. The number of thiazole rings is 1. The number of aryl methyl sites for hydroxylation is 1. The molecule has 0 radical (unpaired) electrons. The molecule has 1 amide bonds. The number of aromatic nitrogens is 3. The van der Waals surface area contributed by atoms with Crippen LogP contribution in [0.4, 0.5) is 5.69 Å². The molecule has 1 N–H and O–H groups in total. The summed E-state index contributed by atoms with van der Waals surface area (Å²) in [6, 6.07) is 7.91.